The second-order valence-electron chi connectivity index (χ2n) is 26.8. The van der Waals surface area contributed by atoms with Gasteiger partial charge in [-0.2, -0.15) is 0 Å². The van der Waals surface area contributed by atoms with E-state index in [4.69, 9.17) is 33.2 Å². The number of esters is 3. The lowest BCUT2D eigenvalue weighted by Crippen LogP contribution is -2.14. The van der Waals surface area contributed by atoms with E-state index in [-0.39, 0.29) is 39.5 Å². The Morgan fingerprint density at radius 2 is 0.464 bits per heavy atom. The summed E-state index contributed by atoms with van der Waals surface area (Å²) in [6.45, 7) is 11.4. The van der Waals surface area contributed by atoms with Crippen molar-refractivity contribution in [2.45, 2.75) is 310 Å². The van der Waals surface area contributed by atoms with E-state index in [1.54, 1.807) is 72.8 Å². The highest BCUT2D eigenvalue weighted by atomic mass is 16.6. The average Bonchev–Trinajstić information content (AvgIpc) is 0.894. The van der Waals surface area contributed by atoms with Gasteiger partial charge in [-0.05, 0) is 123 Å². The summed E-state index contributed by atoms with van der Waals surface area (Å²) in [7, 11) is 0. The number of rotatable bonds is 58. The molecule has 5 rings (SSSR count). The topological polar surface area (TPSA) is 116 Å². The summed E-state index contributed by atoms with van der Waals surface area (Å²) in [5.74, 6) is 6.76. The maximum absolute atomic E-state index is 14.2. The van der Waals surface area contributed by atoms with E-state index in [0.29, 0.717) is 49.2 Å². The first-order chi connectivity index (χ1) is 47.8. The Balaban J connectivity index is 1.30. The predicted octanol–water partition coefficient (Wildman–Crippen LogP) is 25.5. The molecule has 0 radical (unpaired) electrons. The Hall–Kier alpha value is -6.73. The molecule has 0 amide bonds. The van der Waals surface area contributed by atoms with Crippen LogP contribution in [0.4, 0.5) is 0 Å². The Morgan fingerprint density at radius 1 is 0.247 bits per heavy atom. The second-order valence-corrected chi connectivity index (χ2v) is 26.8. The summed E-state index contributed by atoms with van der Waals surface area (Å²) in [6, 6.07) is 30.9. The van der Waals surface area contributed by atoms with Gasteiger partial charge in [0.15, 0.2) is 17.2 Å². The van der Waals surface area contributed by atoms with E-state index < -0.39 is 17.9 Å². The molecule has 0 saturated carbocycles. The monoisotopic (exact) mass is 1330 g/mol. The molecule has 0 aliphatic carbocycles. The smallest absolute Gasteiger partial charge is 0.343 e. The molecule has 0 aliphatic rings. The number of unbranched alkanes of at least 4 members (excludes halogenated alkanes) is 40. The van der Waals surface area contributed by atoms with Crippen LogP contribution in [0.3, 0.4) is 0 Å². The number of carbonyl (C=O) groups is 3. The van der Waals surface area contributed by atoms with Gasteiger partial charge in [0, 0.05) is 17.7 Å². The molecule has 0 heterocycles. The molecular weight excluding hydrogens is 1200 g/mol. The minimum Gasteiger partial charge on any atom is -0.494 e. The van der Waals surface area contributed by atoms with E-state index in [2.05, 4.69) is 39.5 Å². The molecule has 5 aromatic rings. The lowest BCUT2D eigenvalue weighted by molar-refractivity contribution is 0.0679. The first kappa shape index (κ1) is 80.9. The minimum absolute atomic E-state index is 0.00527. The summed E-state index contributed by atoms with van der Waals surface area (Å²) in [4.78, 5) is 42.6. The summed E-state index contributed by atoms with van der Waals surface area (Å²) < 4.78 is 42.8. The van der Waals surface area contributed by atoms with Crippen LogP contribution in [0.15, 0.2) is 109 Å². The van der Waals surface area contributed by atoms with Gasteiger partial charge in [-0.15, -0.1) is 0 Å². The molecule has 0 aliphatic heterocycles. The van der Waals surface area contributed by atoms with Crippen molar-refractivity contribution in [1.29, 1.82) is 0 Å². The lowest BCUT2D eigenvalue weighted by Gasteiger charge is -2.15. The van der Waals surface area contributed by atoms with E-state index in [9.17, 15) is 14.4 Å². The zero-order chi connectivity index (χ0) is 68.7. The Morgan fingerprint density at radius 3 is 0.722 bits per heavy atom. The van der Waals surface area contributed by atoms with Gasteiger partial charge in [0.25, 0.3) is 0 Å². The van der Waals surface area contributed by atoms with Crippen molar-refractivity contribution in [3.63, 3.8) is 0 Å². The third kappa shape index (κ3) is 37.7. The maximum atomic E-state index is 14.2. The van der Waals surface area contributed by atoms with Crippen molar-refractivity contribution >= 4 is 17.9 Å². The molecule has 0 aromatic heterocycles. The van der Waals surface area contributed by atoms with Crippen LogP contribution in [-0.4, -0.2) is 44.3 Å². The molecule has 0 atom stereocenters. The molecule has 0 unspecified atom stereocenters. The van der Waals surface area contributed by atoms with Gasteiger partial charge >= 0.3 is 17.9 Å². The van der Waals surface area contributed by atoms with Gasteiger partial charge in [-0.3, -0.25) is 0 Å². The molecule has 0 N–H and O–H groups in total. The zero-order valence-corrected chi connectivity index (χ0v) is 60.9. The first-order valence-electron chi connectivity index (χ1n) is 39.1. The molecule has 10 heteroatoms. The van der Waals surface area contributed by atoms with Crippen LogP contribution in [0.1, 0.15) is 352 Å². The van der Waals surface area contributed by atoms with Gasteiger partial charge in [-0.1, -0.05) is 296 Å². The highest BCUT2D eigenvalue weighted by molar-refractivity contribution is 5.94. The van der Waals surface area contributed by atoms with Crippen molar-refractivity contribution in [2.24, 2.45) is 0 Å². The summed E-state index contributed by atoms with van der Waals surface area (Å²) in [6.07, 6.45) is 55.3. The van der Waals surface area contributed by atoms with Gasteiger partial charge in [0.2, 0.25) is 0 Å². The van der Waals surface area contributed by atoms with Gasteiger partial charge < -0.3 is 33.2 Å². The largest absolute Gasteiger partial charge is 0.494 e. The van der Waals surface area contributed by atoms with Crippen molar-refractivity contribution in [3.05, 3.63) is 137 Å². The fraction of sp³-hybridized carbons (Fsp3) is 0.598. The van der Waals surface area contributed by atoms with Crippen LogP contribution in [0.25, 0.3) is 0 Å². The van der Waals surface area contributed by atoms with Crippen molar-refractivity contribution in [3.8, 4) is 52.1 Å². The molecule has 97 heavy (non-hydrogen) atoms. The third-order valence-electron chi connectivity index (χ3n) is 18.2. The third-order valence-corrected chi connectivity index (χ3v) is 18.2. The SMILES string of the molecule is CCCCCCCCCCCCCOc1ccc(C#Cc2cc(OC(=O)c3ccc(OCCCCCCCCCCCCC)cc3)c(OC(=O)c3ccc(OCCCCCCCCCCCCC)cc3)cc2OC(=O)c2ccc(OCCCCCCCCCCCCC)cc2)cc1. The molecule has 10 nitrogen and oxygen atoms in total. The summed E-state index contributed by atoms with van der Waals surface area (Å²) in [5, 5.41) is 0. The first-order valence-corrected chi connectivity index (χ1v) is 39.1. The average molecular weight is 1330 g/mol. The second kappa shape index (κ2) is 54.2. The lowest BCUT2D eigenvalue weighted by atomic mass is 10.1. The molecule has 5 aromatic carbocycles. The van der Waals surface area contributed by atoms with Crippen molar-refractivity contribution in [2.75, 3.05) is 26.4 Å². The Bertz CT molecular complexity index is 2870. The normalized spacial score (nSPS) is 11.1. The van der Waals surface area contributed by atoms with Crippen LogP contribution in [-0.2, 0) is 0 Å². The van der Waals surface area contributed by atoms with Crippen LogP contribution in [0.5, 0.6) is 40.2 Å². The number of hydrogen-bond acceptors (Lipinski definition) is 10. The summed E-state index contributed by atoms with van der Waals surface area (Å²) >= 11 is 0. The van der Waals surface area contributed by atoms with Gasteiger partial charge in [-0.25, -0.2) is 14.4 Å². The van der Waals surface area contributed by atoms with E-state index >= 15 is 0 Å². The molecule has 0 saturated heterocycles. The molecule has 534 valence electrons. The molecule has 0 bridgehead atoms. The van der Waals surface area contributed by atoms with E-state index in [1.807, 2.05) is 24.3 Å². The Kier molecular flexibility index (Phi) is 45.2. The van der Waals surface area contributed by atoms with Crippen LogP contribution >= 0.6 is 0 Å². The minimum atomic E-state index is -0.723. The van der Waals surface area contributed by atoms with E-state index in [1.165, 1.54) is 243 Å². The zero-order valence-electron chi connectivity index (χ0n) is 60.9. The highest BCUT2D eigenvalue weighted by Gasteiger charge is 2.23. The number of benzene rings is 5. The highest BCUT2D eigenvalue weighted by Crippen LogP contribution is 2.37. The molecular formula is C87H126O10. The predicted molar refractivity (Wildman–Crippen MR) is 401 cm³/mol. The van der Waals surface area contributed by atoms with Crippen LogP contribution in [0.2, 0.25) is 0 Å². The van der Waals surface area contributed by atoms with Crippen molar-refractivity contribution in [1.82, 2.24) is 0 Å². The standard InChI is InChI=1S/C87H126O10/c1-5-9-13-17-21-25-29-33-37-41-45-67-91-78-59-50-73(51-60-78)49-52-77-71-83(96-86(89)75-55-63-80(64-56-75)93-69-47-43-39-35-31-27-23-19-15-11-7-3)84(97-87(90)76-57-65-81(66-58-76)94-70-48-44-40-36-32-28-24-20-16-12-8-4)72-82(77)95-85(88)74-53-61-79(62-54-74)92-68-46-42-38-34-30-26-22-18-14-10-6-2/h50-51,53-66,71-72H,5-48,67-70H2,1-4H3. The fourth-order valence-electron chi connectivity index (χ4n) is 12.0. The van der Waals surface area contributed by atoms with Gasteiger partial charge in [0.1, 0.15) is 23.0 Å². The van der Waals surface area contributed by atoms with E-state index in [0.717, 1.165) is 57.1 Å². The molecule has 0 fully saturated rings. The number of hydrogen-bond donors (Lipinski definition) is 0. The molecule has 0 spiro atoms. The fourth-order valence-corrected chi connectivity index (χ4v) is 12.0. The number of carbonyl (C=O) groups excluding carboxylic acids is 3. The summed E-state index contributed by atoms with van der Waals surface area (Å²) in [5.41, 5.74) is 1.65. The Labute approximate surface area is 588 Å². The maximum Gasteiger partial charge on any atom is 0.343 e. The van der Waals surface area contributed by atoms with Crippen LogP contribution in [0, 0.1) is 11.8 Å². The van der Waals surface area contributed by atoms with Gasteiger partial charge in [0.05, 0.1) is 48.7 Å². The van der Waals surface area contributed by atoms with Crippen molar-refractivity contribution < 1.29 is 47.5 Å². The number of ether oxygens (including phenoxy) is 7. The quantitative estimate of drug-likeness (QED) is 0.0161. The van der Waals surface area contributed by atoms with Crippen LogP contribution < -0.4 is 33.2 Å².